The van der Waals surface area contributed by atoms with Crippen molar-refractivity contribution in [2.24, 2.45) is 0 Å². The van der Waals surface area contributed by atoms with Crippen molar-refractivity contribution in [3.63, 3.8) is 0 Å². The van der Waals surface area contributed by atoms with Crippen LogP contribution in [0.5, 0.6) is 0 Å². The monoisotopic (exact) mass is 758 g/mol. The number of aliphatic hydroxyl groups excluding tert-OH is 14. The quantitative estimate of drug-likeness (QED) is 0.0822. The van der Waals surface area contributed by atoms with Gasteiger partial charge in [-0.1, -0.05) is 11.8 Å². The van der Waals surface area contributed by atoms with Crippen LogP contribution in [0.25, 0.3) is 0 Å². The van der Waals surface area contributed by atoms with Crippen molar-refractivity contribution in [3.05, 3.63) is 0 Å². The van der Waals surface area contributed by atoms with Crippen molar-refractivity contribution in [3.8, 4) is 23.7 Å². The summed E-state index contributed by atoms with van der Waals surface area (Å²) in [5, 5.41) is 141. The van der Waals surface area contributed by atoms with E-state index >= 15 is 0 Å². The SMILES string of the molecule is OC[C@H]1O[C@H](O[C@H]2[C@@H](O)[C@@H](CO)O[C@@H](OCC#CC#CCO[C@@H]3O[C@H](CO)[C@H](O)[C@H](O[C@H]4O[C@H](CO)[C@H](O)[C@H](O)[C@H]4O)[C@H]3O)[C@@H]2O)[C@H](O)[C@@H](O)[C@H]1O. The molecule has 0 unspecified atom stereocenters. The molecule has 0 amide bonds. The zero-order valence-electron chi connectivity index (χ0n) is 27.3. The summed E-state index contributed by atoms with van der Waals surface area (Å²) >= 11 is 0. The molecule has 4 aliphatic rings. The van der Waals surface area contributed by atoms with Crippen LogP contribution in [0.3, 0.4) is 0 Å². The number of hydrogen-bond donors (Lipinski definition) is 14. The molecule has 22 nitrogen and oxygen atoms in total. The average Bonchev–Trinajstić information content (AvgIpc) is 3.14. The normalized spacial score (nSPS) is 46.8. The predicted molar refractivity (Wildman–Crippen MR) is 160 cm³/mol. The highest BCUT2D eigenvalue weighted by Gasteiger charge is 2.52. The van der Waals surface area contributed by atoms with Gasteiger partial charge in [0.1, 0.15) is 111 Å². The number of aliphatic hydroxyl groups is 14. The summed E-state index contributed by atoms with van der Waals surface area (Å²) in [6.07, 6.45) is -32.7. The minimum atomic E-state index is -1.85. The van der Waals surface area contributed by atoms with E-state index in [0.717, 1.165) is 0 Å². The van der Waals surface area contributed by atoms with Gasteiger partial charge in [0.05, 0.1) is 26.4 Å². The molecule has 0 spiro atoms. The van der Waals surface area contributed by atoms with E-state index in [1.165, 1.54) is 0 Å². The third-order valence-electron chi connectivity index (χ3n) is 8.80. The smallest absolute Gasteiger partial charge is 0.187 e. The minimum Gasteiger partial charge on any atom is -0.394 e. The molecule has 4 saturated heterocycles. The summed E-state index contributed by atoms with van der Waals surface area (Å²) in [5.41, 5.74) is 0. The van der Waals surface area contributed by atoms with Gasteiger partial charge in [-0.15, -0.1) is 0 Å². The molecule has 14 N–H and O–H groups in total. The maximum atomic E-state index is 10.8. The molecule has 298 valence electrons. The summed E-state index contributed by atoms with van der Waals surface area (Å²) in [5.74, 6) is 9.81. The van der Waals surface area contributed by atoms with E-state index in [2.05, 4.69) is 23.7 Å². The van der Waals surface area contributed by atoms with E-state index in [1.807, 2.05) is 0 Å². The summed E-state index contributed by atoms with van der Waals surface area (Å²) in [7, 11) is 0. The molecule has 4 rings (SSSR count). The Balaban J connectivity index is 1.29. The van der Waals surface area contributed by atoms with Crippen LogP contribution < -0.4 is 0 Å². The van der Waals surface area contributed by atoms with Crippen LogP contribution in [0.4, 0.5) is 0 Å². The Morgan fingerprint density at radius 3 is 1.00 bits per heavy atom. The number of rotatable bonds is 12. The standard InChI is InChI=1S/C30H46O22/c31-7-11-15(35)19(39)21(41)29(49-11)51-25-17(37)13(9-33)47-27(23(25)43)45-5-3-1-2-4-6-46-28-24(44)26(18(38)14(10-34)48-28)52-30-22(42)20(40)16(36)12(8-32)50-30/h11-44H,5-10H2/t11-,12-,13-,14-,15+,16+,17+,18+,19+,20+,21-,22-,23-,24-,25+,26+,27-,28-,29-,30-/m1/s1. The van der Waals surface area contributed by atoms with E-state index in [-0.39, 0.29) is 0 Å². The molecule has 22 heteroatoms. The van der Waals surface area contributed by atoms with Crippen LogP contribution >= 0.6 is 0 Å². The van der Waals surface area contributed by atoms with E-state index < -0.39 is 162 Å². The lowest BCUT2D eigenvalue weighted by molar-refractivity contribution is -0.359. The van der Waals surface area contributed by atoms with Crippen LogP contribution in [0.1, 0.15) is 0 Å². The Morgan fingerprint density at radius 1 is 0.365 bits per heavy atom. The van der Waals surface area contributed by atoms with Crippen molar-refractivity contribution in [1.82, 2.24) is 0 Å². The second kappa shape index (κ2) is 19.7. The Kier molecular flexibility index (Phi) is 16.3. The first kappa shape index (κ1) is 43.0. The Hall–Kier alpha value is -1.76. The van der Waals surface area contributed by atoms with Crippen LogP contribution in [0.2, 0.25) is 0 Å². The lowest BCUT2D eigenvalue weighted by Crippen LogP contribution is -2.64. The predicted octanol–water partition coefficient (Wildman–Crippen LogP) is -9.73. The zero-order chi connectivity index (χ0) is 38.3. The molecular formula is C30H46O22. The maximum absolute atomic E-state index is 10.8. The van der Waals surface area contributed by atoms with E-state index in [4.69, 9.17) is 37.9 Å². The lowest BCUT2D eigenvalue weighted by Gasteiger charge is -2.45. The molecule has 4 aliphatic heterocycles. The van der Waals surface area contributed by atoms with Gasteiger partial charge >= 0.3 is 0 Å². The molecule has 52 heavy (non-hydrogen) atoms. The van der Waals surface area contributed by atoms with Gasteiger partial charge in [-0.3, -0.25) is 0 Å². The Morgan fingerprint density at radius 2 is 0.673 bits per heavy atom. The van der Waals surface area contributed by atoms with Gasteiger partial charge in [-0.25, -0.2) is 0 Å². The second-order valence-electron chi connectivity index (χ2n) is 12.2. The summed E-state index contributed by atoms with van der Waals surface area (Å²) in [6, 6.07) is 0. The molecule has 0 aromatic carbocycles. The molecule has 4 heterocycles. The highest BCUT2D eigenvalue weighted by Crippen LogP contribution is 2.31. The Bertz CT molecular complexity index is 1130. The highest BCUT2D eigenvalue weighted by atomic mass is 16.7. The second-order valence-corrected chi connectivity index (χ2v) is 12.2. The first-order valence-electron chi connectivity index (χ1n) is 16.1. The third-order valence-corrected chi connectivity index (χ3v) is 8.80. The summed E-state index contributed by atoms with van der Waals surface area (Å²) in [6.45, 7) is -3.85. The van der Waals surface area contributed by atoms with Gasteiger partial charge in [-0.2, -0.15) is 0 Å². The van der Waals surface area contributed by atoms with Gasteiger partial charge in [0.25, 0.3) is 0 Å². The molecule has 0 aromatic heterocycles. The van der Waals surface area contributed by atoms with Crippen LogP contribution in [-0.4, -0.2) is 234 Å². The molecule has 0 radical (unpaired) electrons. The minimum absolute atomic E-state index is 0.421. The van der Waals surface area contributed by atoms with Gasteiger partial charge < -0.3 is 109 Å². The van der Waals surface area contributed by atoms with Crippen molar-refractivity contribution < 1.29 is 109 Å². The third kappa shape index (κ3) is 9.72. The van der Waals surface area contributed by atoms with Crippen molar-refractivity contribution in [2.75, 3.05) is 39.6 Å². The first-order valence-corrected chi connectivity index (χ1v) is 16.1. The van der Waals surface area contributed by atoms with Gasteiger partial charge in [-0.05, 0) is 11.8 Å². The zero-order valence-corrected chi connectivity index (χ0v) is 27.3. The van der Waals surface area contributed by atoms with Crippen molar-refractivity contribution >= 4 is 0 Å². The molecule has 0 saturated carbocycles. The van der Waals surface area contributed by atoms with Gasteiger partial charge in [0.2, 0.25) is 0 Å². The van der Waals surface area contributed by atoms with Gasteiger partial charge in [0, 0.05) is 0 Å². The largest absolute Gasteiger partial charge is 0.394 e. The molecular weight excluding hydrogens is 712 g/mol. The van der Waals surface area contributed by atoms with Crippen LogP contribution in [-0.2, 0) is 37.9 Å². The number of ether oxygens (including phenoxy) is 8. The Labute approximate surface area is 295 Å². The molecule has 20 atom stereocenters. The molecule has 4 fully saturated rings. The van der Waals surface area contributed by atoms with Crippen molar-refractivity contribution in [1.29, 1.82) is 0 Å². The summed E-state index contributed by atoms with van der Waals surface area (Å²) < 4.78 is 43.0. The lowest BCUT2D eigenvalue weighted by atomic mass is 9.97. The number of hydrogen-bond acceptors (Lipinski definition) is 22. The van der Waals surface area contributed by atoms with Crippen molar-refractivity contribution in [2.45, 2.75) is 123 Å². The van der Waals surface area contributed by atoms with E-state index in [1.54, 1.807) is 0 Å². The fourth-order valence-corrected chi connectivity index (χ4v) is 5.78. The first-order chi connectivity index (χ1) is 24.8. The fourth-order valence-electron chi connectivity index (χ4n) is 5.78. The average molecular weight is 759 g/mol. The molecule has 0 aliphatic carbocycles. The van der Waals surface area contributed by atoms with Gasteiger partial charge in [0.15, 0.2) is 25.2 Å². The van der Waals surface area contributed by atoms with Crippen LogP contribution in [0, 0.1) is 23.7 Å². The molecule has 0 bridgehead atoms. The van der Waals surface area contributed by atoms with E-state index in [9.17, 15) is 71.5 Å². The van der Waals surface area contributed by atoms with Crippen LogP contribution in [0.15, 0.2) is 0 Å². The van der Waals surface area contributed by atoms with E-state index in [0.29, 0.717) is 0 Å². The summed E-state index contributed by atoms with van der Waals surface area (Å²) in [4.78, 5) is 0. The topological polar surface area (TPSA) is 357 Å². The molecule has 0 aromatic rings. The fraction of sp³-hybridized carbons (Fsp3) is 0.867. The highest BCUT2D eigenvalue weighted by molar-refractivity contribution is 5.26. The maximum Gasteiger partial charge on any atom is 0.187 e.